The standard InChI is InChI=1S/C22H36FN5O4S/c1-26-11-16(10-24-26)13-28-20(29)18-9-17(33(31,32)25-22(14-23)7-8-22)5-6-19(18)27(21(28)30)12-15-3-2-4-15/h15-19,24-25H,2-14H2,1H3. The van der Waals surface area contributed by atoms with Crippen LogP contribution < -0.4 is 10.1 Å². The number of nitrogens with zero attached hydrogens (tertiary/aromatic N) is 3. The minimum Gasteiger partial charge on any atom is -0.320 e. The van der Waals surface area contributed by atoms with Gasteiger partial charge in [-0.2, -0.15) is 0 Å². The van der Waals surface area contributed by atoms with Crippen molar-refractivity contribution in [3.05, 3.63) is 0 Å². The Bertz CT molecular complexity index is 893. The number of carbonyl (C=O) groups is 2. The predicted octanol–water partition coefficient (Wildman–Crippen LogP) is 1.08. The van der Waals surface area contributed by atoms with E-state index in [1.807, 2.05) is 17.0 Å². The van der Waals surface area contributed by atoms with Gasteiger partial charge in [0.2, 0.25) is 15.9 Å². The smallest absolute Gasteiger partial charge is 0.320 e. The highest BCUT2D eigenvalue weighted by Gasteiger charge is 2.53. The number of alkyl halides is 1. The first-order valence-electron chi connectivity index (χ1n) is 12.4. The Labute approximate surface area is 195 Å². The summed E-state index contributed by atoms with van der Waals surface area (Å²) in [7, 11) is -1.80. The summed E-state index contributed by atoms with van der Waals surface area (Å²) >= 11 is 0. The molecule has 0 radical (unpaired) electrons. The van der Waals surface area contributed by atoms with Gasteiger partial charge in [0.15, 0.2) is 0 Å². The third-order valence-corrected chi connectivity index (χ3v) is 10.5. The van der Waals surface area contributed by atoms with Crippen molar-refractivity contribution in [2.24, 2.45) is 17.8 Å². The summed E-state index contributed by atoms with van der Waals surface area (Å²) in [5.41, 5.74) is 2.28. The van der Waals surface area contributed by atoms with Gasteiger partial charge in [0, 0.05) is 45.2 Å². The molecule has 2 aliphatic heterocycles. The number of hydrazine groups is 1. The normalized spacial score (nSPS) is 35.0. The number of nitrogens with one attached hydrogen (secondary N) is 2. The van der Waals surface area contributed by atoms with Crippen LogP contribution in [0.5, 0.6) is 0 Å². The van der Waals surface area contributed by atoms with E-state index in [-0.39, 0.29) is 30.3 Å². The number of fused-ring (bicyclic) bond motifs is 1. The molecule has 0 spiro atoms. The first kappa shape index (κ1) is 23.4. The maximum absolute atomic E-state index is 13.5. The molecule has 4 unspecified atom stereocenters. The molecule has 3 saturated carbocycles. The number of amides is 3. The molecule has 33 heavy (non-hydrogen) atoms. The third-order valence-electron chi connectivity index (χ3n) is 8.44. The van der Waals surface area contributed by atoms with Crippen molar-refractivity contribution in [3.8, 4) is 0 Å². The highest BCUT2D eigenvalue weighted by atomic mass is 32.2. The number of sulfonamides is 1. The Balaban J connectivity index is 1.35. The second-order valence-corrected chi connectivity index (χ2v) is 12.9. The number of hydrogen-bond acceptors (Lipinski definition) is 6. The van der Waals surface area contributed by atoms with Crippen molar-refractivity contribution in [1.29, 1.82) is 0 Å². The first-order valence-corrected chi connectivity index (χ1v) is 13.9. The zero-order chi connectivity index (χ0) is 23.4. The van der Waals surface area contributed by atoms with E-state index >= 15 is 0 Å². The van der Waals surface area contributed by atoms with Crippen molar-refractivity contribution >= 4 is 22.0 Å². The Morgan fingerprint density at radius 2 is 1.88 bits per heavy atom. The van der Waals surface area contributed by atoms with Gasteiger partial charge in [-0.05, 0) is 50.9 Å². The van der Waals surface area contributed by atoms with E-state index in [1.54, 1.807) is 0 Å². The van der Waals surface area contributed by atoms with E-state index in [9.17, 15) is 22.4 Å². The summed E-state index contributed by atoms with van der Waals surface area (Å²) in [4.78, 5) is 30.3. The van der Waals surface area contributed by atoms with Crippen LogP contribution in [0.3, 0.4) is 0 Å². The number of imide groups is 1. The van der Waals surface area contributed by atoms with Gasteiger partial charge in [-0.25, -0.2) is 27.3 Å². The molecule has 0 bridgehead atoms. The lowest BCUT2D eigenvalue weighted by Gasteiger charge is -2.50. The molecule has 9 nitrogen and oxygen atoms in total. The Morgan fingerprint density at radius 1 is 1.12 bits per heavy atom. The molecule has 186 valence electrons. The average Bonchev–Trinajstić information content (AvgIpc) is 3.40. The fraction of sp³-hybridized carbons (Fsp3) is 0.909. The molecule has 0 aromatic rings. The van der Waals surface area contributed by atoms with Gasteiger partial charge in [-0.3, -0.25) is 15.1 Å². The second-order valence-electron chi connectivity index (χ2n) is 11.0. The van der Waals surface area contributed by atoms with Crippen molar-refractivity contribution in [2.45, 2.75) is 68.2 Å². The fourth-order valence-corrected chi connectivity index (χ4v) is 7.88. The lowest BCUT2D eigenvalue weighted by Crippen LogP contribution is -2.65. The molecular formula is C22H36FN5O4S. The van der Waals surface area contributed by atoms with E-state index < -0.39 is 33.4 Å². The molecule has 0 aromatic heterocycles. The summed E-state index contributed by atoms with van der Waals surface area (Å²) < 4.78 is 42.1. The van der Waals surface area contributed by atoms with E-state index in [2.05, 4.69) is 10.1 Å². The number of hydrogen-bond donors (Lipinski definition) is 2. The summed E-state index contributed by atoms with van der Waals surface area (Å²) in [6, 6.07) is -0.453. The van der Waals surface area contributed by atoms with Crippen LogP contribution in [-0.2, 0) is 14.8 Å². The zero-order valence-electron chi connectivity index (χ0n) is 19.3. The highest BCUT2D eigenvalue weighted by molar-refractivity contribution is 7.90. The predicted molar refractivity (Wildman–Crippen MR) is 120 cm³/mol. The molecular weight excluding hydrogens is 449 g/mol. The third kappa shape index (κ3) is 4.53. The molecule has 5 fully saturated rings. The van der Waals surface area contributed by atoms with Gasteiger partial charge in [-0.1, -0.05) is 6.42 Å². The van der Waals surface area contributed by atoms with E-state index in [0.717, 1.165) is 19.4 Å². The quantitative estimate of drug-likeness (QED) is 0.533. The van der Waals surface area contributed by atoms with Crippen molar-refractivity contribution in [1.82, 2.24) is 25.0 Å². The lowest BCUT2D eigenvalue weighted by atomic mass is 9.78. The van der Waals surface area contributed by atoms with Crippen LogP contribution in [0.25, 0.3) is 0 Å². The molecule has 3 amide bonds. The molecule has 2 saturated heterocycles. The molecule has 0 aromatic carbocycles. The number of rotatable bonds is 8. The maximum atomic E-state index is 13.5. The number of carbonyl (C=O) groups excluding carboxylic acids is 2. The van der Waals surface area contributed by atoms with Crippen molar-refractivity contribution < 1.29 is 22.4 Å². The van der Waals surface area contributed by atoms with E-state index in [4.69, 9.17) is 0 Å². The summed E-state index contributed by atoms with van der Waals surface area (Å²) in [6.45, 7) is 1.75. The highest BCUT2D eigenvalue weighted by Crippen LogP contribution is 2.41. The minimum absolute atomic E-state index is 0.147. The van der Waals surface area contributed by atoms with Crippen LogP contribution in [0.1, 0.15) is 51.4 Å². The minimum atomic E-state index is -3.74. The molecule has 5 aliphatic rings. The van der Waals surface area contributed by atoms with E-state index in [0.29, 0.717) is 51.2 Å². The SMILES string of the molecule is CN1CC(CN2C(=O)C3CC(S(=O)(=O)NC4(CF)CC4)CCC3N(CC3CCC3)C2=O)CN1. The summed E-state index contributed by atoms with van der Waals surface area (Å²) in [6.07, 6.45) is 5.46. The Kier molecular flexibility index (Phi) is 6.20. The van der Waals surface area contributed by atoms with Crippen LogP contribution >= 0.6 is 0 Å². The second kappa shape index (κ2) is 8.73. The van der Waals surface area contributed by atoms with Crippen LogP contribution in [0.4, 0.5) is 9.18 Å². The van der Waals surface area contributed by atoms with Gasteiger partial charge < -0.3 is 4.90 Å². The number of halogens is 1. The fourth-order valence-electron chi connectivity index (χ4n) is 5.94. The average molecular weight is 486 g/mol. The van der Waals surface area contributed by atoms with Gasteiger partial charge in [0.25, 0.3) is 0 Å². The van der Waals surface area contributed by atoms with Crippen LogP contribution in [0, 0.1) is 17.8 Å². The van der Waals surface area contributed by atoms with Gasteiger partial charge in [-0.15, -0.1) is 0 Å². The van der Waals surface area contributed by atoms with Crippen LogP contribution in [0.2, 0.25) is 0 Å². The first-order chi connectivity index (χ1) is 15.7. The molecule has 4 atom stereocenters. The van der Waals surface area contributed by atoms with Gasteiger partial charge in [0.05, 0.1) is 16.7 Å². The van der Waals surface area contributed by atoms with Crippen LogP contribution in [0.15, 0.2) is 0 Å². The molecule has 2 N–H and O–H groups in total. The summed E-state index contributed by atoms with van der Waals surface area (Å²) in [5.74, 6) is -0.151. The van der Waals surface area contributed by atoms with Gasteiger partial charge >= 0.3 is 6.03 Å². The van der Waals surface area contributed by atoms with E-state index in [1.165, 1.54) is 11.3 Å². The number of urea groups is 1. The molecule has 3 aliphatic carbocycles. The summed E-state index contributed by atoms with van der Waals surface area (Å²) in [5, 5.41) is 1.23. The zero-order valence-corrected chi connectivity index (χ0v) is 20.2. The van der Waals surface area contributed by atoms with Crippen LogP contribution in [-0.4, -0.2) is 91.9 Å². The van der Waals surface area contributed by atoms with Crippen molar-refractivity contribution in [3.63, 3.8) is 0 Å². The molecule has 5 rings (SSSR count). The van der Waals surface area contributed by atoms with Gasteiger partial charge in [0.1, 0.15) is 6.67 Å². The molecule has 2 heterocycles. The Morgan fingerprint density at radius 3 is 2.45 bits per heavy atom. The van der Waals surface area contributed by atoms with Crippen molar-refractivity contribution in [2.75, 3.05) is 39.9 Å². The largest absolute Gasteiger partial charge is 0.326 e. The molecule has 11 heteroatoms. The Hall–Kier alpha value is -1.30. The maximum Gasteiger partial charge on any atom is 0.326 e. The lowest BCUT2D eigenvalue weighted by molar-refractivity contribution is -0.141. The topological polar surface area (TPSA) is 102 Å². The monoisotopic (exact) mass is 485 g/mol.